The lowest BCUT2D eigenvalue weighted by Gasteiger charge is -2.17. The van der Waals surface area contributed by atoms with E-state index in [1.165, 1.54) is 31.3 Å². The average Bonchev–Trinajstić information content (AvgIpc) is 3.27. The number of allylic oxidation sites excluding steroid dienone is 1. The normalized spacial score (nSPS) is 14.0. The fraction of sp³-hybridized carbons (Fsp3) is 0.346. The molecule has 1 fully saturated rings. The average molecular weight is 437 g/mol. The van der Waals surface area contributed by atoms with Gasteiger partial charge in [-0.3, -0.25) is 0 Å². The second-order valence-electron chi connectivity index (χ2n) is 7.94. The van der Waals surface area contributed by atoms with Crippen molar-refractivity contribution < 1.29 is 19.3 Å². The molecule has 1 saturated carbocycles. The van der Waals surface area contributed by atoms with E-state index in [2.05, 4.69) is 29.5 Å². The lowest BCUT2D eigenvalue weighted by Crippen LogP contribution is -2.18. The quantitative estimate of drug-likeness (QED) is 0.333. The number of aliphatic hydroxyl groups excluding tert-OH is 1. The first-order valence-electron chi connectivity index (χ1n) is 10.9. The largest absolute Gasteiger partial charge is 0.508 e. The van der Waals surface area contributed by atoms with Crippen molar-refractivity contribution in [1.82, 2.24) is 4.98 Å². The Morgan fingerprint density at radius 2 is 1.91 bits per heavy atom. The third-order valence-corrected chi connectivity index (χ3v) is 5.21. The van der Waals surface area contributed by atoms with Crippen molar-refractivity contribution in [2.24, 2.45) is 0 Å². The van der Waals surface area contributed by atoms with Crippen LogP contribution in [0.2, 0.25) is 0 Å². The molecule has 0 aliphatic heterocycles. The van der Waals surface area contributed by atoms with Crippen molar-refractivity contribution in [3.8, 4) is 11.5 Å². The molecule has 1 atom stereocenters. The zero-order chi connectivity index (χ0) is 22.9. The number of methoxy groups -OCH3 is 1. The summed E-state index contributed by atoms with van der Waals surface area (Å²) in [5.74, 6) is 1.97. The van der Waals surface area contributed by atoms with Crippen LogP contribution in [0.25, 0.3) is 11.5 Å². The smallest absolute Gasteiger partial charge is 0.130 e. The Hall–Kier alpha value is -3.25. The Morgan fingerprint density at radius 3 is 2.56 bits per heavy atom. The van der Waals surface area contributed by atoms with Gasteiger partial charge >= 0.3 is 0 Å². The SMILES string of the molecule is C=C(O)c1ccc(NC(=C)c2cc(OCC=C3CCCC3)cc(O[C@@H](C)COC)c2)nc1. The predicted molar refractivity (Wildman–Crippen MR) is 129 cm³/mol. The third-order valence-electron chi connectivity index (χ3n) is 5.21. The van der Waals surface area contributed by atoms with Gasteiger partial charge < -0.3 is 24.6 Å². The minimum absolute atomic E-state index is 0.0210. The summed E-state index contributed by atoms with van der Waals surface area (Å²) in [5, 5.41) is 12.7. The second kappa shape index (κ2) is 11.4. The van der Waals surface area contributed by atoms with Gasteiger partial charge in [0, 0.05) is 36.2 Å². The molecule has 1 aliphatic carbocycles. The van der Waals surface area contributed by atoms with E-state index in [9.17, 15) is 5.11 Å². The number of pyridine rings is 1. The molecule has 0 saturated heterocycles. The van der Waals surface area contributed by atoms with E-state index >= 15 is 0 Å². The number of aliphatic hydroxyl groups is 1. The zero-order valence-electron chi connectivity index (χ0n) is 18.9. The lowest BCUT2D eigenvalue weighted by atomic mass is 10.1. The minimum Gasteiger partial charge on any atom is -0.508 e. The summed E-state index contributed by atoms with van der Waals surface area (Å²) in [7, 11) is 1.65. The molecule has 0 unspecified atom stereocenters. The summed E-state index contributed by atoms with van der Waals surface area (Å²) in [6.45, 7) is 10.6. The zero-order valence-corrected chi connectivity index (χ0v) is 18.9. The molecule has 2 N–H and O–H groups in total. The number of hydrogen-bond donors (Lipinski definition) is 2. The summed E-state index contributed by atoms with van der Waals surface area (Å²) in [5.41, 5.74) is 3.51. The van der Waals surface area contributed by atoms with Crippen LogP contribution in [0.1, 0.15) is 43.7 Å². The Labute approximate surface area is 190 Å². The van der Waals surface area contributed by atoms with Crippen molar-refractivity contribution in [3.63, 3.8) is 0 Å². The predicted octanol–water partition coefficient (Wildman–Crippen LogP) is 5.99. The summed E-state index contributed by atoms with van der Waals surface area (Å²) < 4.78 is 17.2. The topological polar surface area (TPSA) is 72.8 Å². The van der Waals surface area contributed by atoms with Crippen LogP contribution in [0.4, 0.5) is 5.82 Å². The molecule has 6 nitrogen and oxygen atoms in total. The van der Waals surface area contributed by atoms with Gasteiger partial charge in [-0.1, -0.05) is 18.7 Å². The Kier molecular flexibility index (Phi) is 8.34. The van der Waals surface area contributed by atoms with Gasteiger partial charge in [0.05, 0.1) is 6.61 Å². The van der Waals surface area contributed by atoms with E-state index in [1.807, 2.05) is 25.1 Å². The fourth-order valence-corrected chi connectivity index (χ4v) is 3.55. The maximum atomic E-state index is 9.47. The van der Waals surface area contributed by atoms with E-state index < -0.39 is 0 Å². The van der Waals surface area contributed by atoms with Crippen molar-refractivity contribution >= 4 is 17.3 Å². The van der Waals surface area contributed by atoms with Crippen LogP contribution in [-0.2, 0) is 4.74 Å². The molecule has 0 bridgehead atoms. The molecule has 0 spiro atoms. The van der Waals surface area contributed by atoms with Gasteiger partial charge in [-0.25, -0.2) is 4.98 Å². The first-order chi connectivity index (χ1) is 15.4. The molecule has 1 aliphatic rings. The number of nitrogens with zero attached hydrogens (tertiary/aromatic N) is 1. The number of benzene rings is 1. The highest BCUT2D eigenvalue weighted by molar-refractivity contribution is 5.75. The highest BCUT2D eigenvalue weighted by Gasteiger charge is 2.11. The molecule has 0 radical (unpaired) electrons. The van der Waals surface area contributed by atoms with E-state index in [0.717, 1.165) is 5.56 Å². The van der Waals surface area contributed by atoms with Gasteiger partial charge in [-0.05, 0) is 62.9 Å². The van der Waals surface area contributed by atoms with Gasteiger partial charge in [0.15, 0.2) is 0 Å². The first-order valence-corrected chi connectivity index (χ1v) is 10.9. The van der Waals surface area contributed by atoms with Crippen molar-refractivity contribution in [1.29, 1.82) is 0 Å². The Balaban J connectivity index is 1.75. The van der Waals surface area contributed by atoms with Crippen molar-refractivity contribution in [2.45, 2.75) is 38.7 Å². The van der Waals surface area contributed by atoms with Gasteiger partial charge in [-0.15, -0.1) is 0 Å². The molecule has 3 rings (SSSR count). The molecule has 2 aromatic rings. The molecule has 1 aromatic heterocycles. The molecule has 32 heavy (non-hydrogen) atoms. The molecular formula is C26H32N2O4. The van der Waals surface area contributed by atoms with Gasteiger partial charge in [-0.2, -0.15) is 0 Å². The first kappa shape index (κ1) is 23.4. The molecular weight excluding hydrogens is 404 g/mol. The number of nitrogens with one attached hydrogen (secondary N) is 1. The Morgan fingerprint density at radius 1 is 1.16 bits per heavy atom. The maximum absolute atomic E-state index is 9.47. The van der Waals surface area contributed by atoms with Crippen LogP contribution in [0, 0.1) is 0 Å². The second-order valence-corrected chi connectivity index (χ2v) is 7.94. The highest BCUT2D eigenvalue weighted by atomic mass is 16.5. The van der Waals surface area contributed by atoms with E-state index in [0.29, 0.717) is 41.8 Å². The van der Waals surface area contributed by atoms with Gasteiger partial charge in [0.25, 0.3) is 0 Å². The number of rotatable bonds is 11. The lowest BCUT2D eigenvalue weighted by molar-refractivity contribution is 0.0919. The molecule has 1 aromatic carbocycles. The van der Waals surface area contributed by atoms with Crippen molar-refractivity contribution in [2.75, 3.05) is 25.6 Å². The molecule has 1 heterocycles. The minimum atomic E-state index is -0.106. The number of ether oxygens (including phenoxy) is 3. The summed E-state index contributed by atoms with van der Waals surface area (Å²) in [6, 6.07) is 9.22. The number of aromatic nitrogens is 1. The van der Waals surface area contributed by atoms with Gasteiger partial charge in [0.2, 0.25) is 0 Å². The van der Waals surface area contributed by atoms with Crippen LogP contribution >= 0.6 is 0 Å². The molecule has 170 valence electrons. The summed E-state index contributed by atoms with van der Waals surface area (Å²) in [4.78, 5) is 4.30. The van der Waals surface area contributed by atoms with E-state index in [4.69, 9.17) is 14.2 Å². The summed E-state index contributed by atoms with van der Waals surface area (Å²) in [6.07, 6.45) is 8.50. The van der Waals surface area contributed by atoms with Crippen LogP contribution < -0.4 is 14.8 Å². The monoisotopic (exact) mass is 436 g/mol. The number of anilines is 1. The van der Waals surface area contributed by atoms with Crippen molar-refractivity contribution in [3.05, 3.63) is 72.5 Å². The summed E-state index contributed by atoms with van der Waals surface area (Å²) >= 11 is 0. The van der Waals surface area contributed by atoms with Crippen LogP contribution in [-0.4, -0.2) is 36.5 Å². The standard InChI is InChI=1S/C26H32N2O4/c1-18(17-30-4)32-25-14-23(13-24(15-25)31-12-11-21-7-5-6-8-21)19(2)28-26-10-9-22(16-27-26)20(3)29/h9-11,13-16,18,29H,2-3,5-8,12,17H2,1,4H3,(H,27,28)/t18-/m0/s1. The third kappa shape index (κ3) is 6.89. The number of hydrogen-bond acceptors (Lipinski definition) is 6. The fourth-order valence-electron chi connectivity index (χ4n) is 3.55. The van der Waals surface area contributed by atoms with Crippen LogP contribution in [0.15, 0.2) is 61.3 Å². The Bertz CT molecular complexity index is 958. The highest BCUT2D eigenvalue weighted by Crippen LogP contribution is 2.29. The van der Waals surface area contributed by atoms with Crippen LogP contribution in [0.5, 0.6) is 11.5 Å². The van der Waals surface area contributed by atoms with Gasteiger partial charge in [0.1, 0.15) is 35.8 Å². The van der Waals surface area contributed by atoms with E-state index in [-0.39, 0.29) is 11.9 Å². The van der Waals surface area contributed by atoms with Crippen LogP contribution in [0.3, 0.4) is 0 Å². The maximum Gasteiger partial charge on any atom is 0.130 e. The molecule has 0 amide bonds. The van der Waals surface area contributed by atoms with E-state index in [1.54, 1.807) is 25.4 Å². The molecule has 6 heteroatoms.